The molecule has 6 heteroatoms. The van der Waals surface area contributed by atoms with E-state index in [1.165, 1.54) is 25.7 Å². The lowest BCUT2D eigenvalue weighted by Gasteiger charge is -2.21. The molecule has 0 aromatic carbocycles. The predicted octanol–water partition coefficient (Wildman–Crippen LogP) is 1.53. The van der Waals surface area contributed by atoms with Crippen molar-refractivity contribution in [3.8, 4) is 0 Å². The molecule has 2 saturated carbocycles. The third kappa shape index (κ3) is 2.81. The highest BCUT2D eigenvalue weighted by Crippen LogP contribution is 2.44. The van der Waals surface area contributed by atoms with Crippen molar-refractivity contribution >= 4 is 5.91 Å². The van der Waals surface area contributed by atoms with Crippen LogP contribution in [-0.2, 0) is 16.1 Å². The molecule has 1 atom stereocenters. The van der Waals surface area contributed by atoms with Crippen molar-refractivity contribution in [3.63, 3.8) is 0 Å². The molecule has 114 valence electrons. The smallest absolute Gasteiger partial charge is 0.225 e. The number of rotatable bonds is 5. The highest BCUT2D eigenvalue weighted by molar-refractivity contribution is 5.78. The van der Waals surface area contributed by atoms with Crippen molar-refractivity contribution in [1.29, 1.82) is 0 Å². The average Bonchev–Trinajstić information content (AvgIpc) is 3.44. The van der Waals surface area contributed by atoms with Crippen LogP contribution in [0.4, 0.5) is 0 Å². The van der Waals surface area contributed by atoms with Gasteiger partial charge >= 0.3 is 0 Å². The highest BCUT2D eigenvalue weighted by Gasteiger charge is 2.36. The second-order valence-corrected chi connectivity index (χ2v) is 6.48. The van der Waals surface area contributed by atoms with Crippen molar-refractivity contribution in [2.45, 2.75) is 57.0 Å². The number of carbonyl (C=O) groups excluding carboxylic acids is 1. The number of amides is 1. The summed E-state index contributed by atoms with van der Waals surface area (Å²) in [5, 5.41) is 11.7. The van der Waals surface area contributed by atoms with Crippen LogP contribution < -0.4 is 5.32 Å². The first-order valence-electron chi connectivity index (χ1n) is 8.12. The predicted molar refractivity (Wildman–Crippen MR) is 75.7 cm³/mol. The summed E-state index contributed by atoms with van der Waals surface area (Å²) in [5.74, 6) is 2.76. The first kappa shape index (κ1) is 13.2. The van der Waals surface area contributed by atoms with Gasteiger partial charge in [-0.1, -0.05) is 0 Å². The van der Waals surface area contributed by atoms with E-state index in [0.29, 0.717) is 25.1 Å². The lowest BCUT2D eigenvalue weighted by molar-refractivity contribution is -0.129. The second kappa shape index (κ2) is 5.40. The van der Waals surface area contributed by atoms with Gasteiger partial charge in [-0.15, -0.1) is 10.2 Å². The van der Waals surface area contributed by atoms with Gasteiger partial charge in [-0.25, -0.2) is 0 Å². The Morgan fingerprint density at radius 3 is 2.76 bits per heavy atom. The van der Waals surface area contributed by atoms with E-state index in [2.05, 4.69) is 20.1 Å². The van der Waals surface area contributed by atoms with Gasteiger partial charge in [0.2, 0.25) is 5.91 Å². The van der Waals surface area contributed by atoms with Crippen molar-refractivity contribution in [2.24, 2.45) is 5.92 Å². The zero-order valence-electron chi connectivity index (χ0n) is 12.3. The van der Waals surface area contributed by atoms with Gasteiger partial charge in [0.05, 0.1) is 19.1 Å². The SMILES string of the molecule is O=C(NCc1nnc(C2CC2)n1C1CC1)[C@@H]1CCCOC1. The summed E-state index contributed by atoms with van der Waals surface area (Å²) in [6.45, 7) is 1.82. The Morgan fingerprint density at radius 2 is 2.10 bits per heavy atom. The number of hydrogen-bond acceptors (Lipinski definition) is 4. The molecular weight excluding hydrogens is 268 g/mol. The summed E-state index contributed by atoms with van der Waals surface area (Å²) in [5.41, 5.74) is 0. The molecule has 2 heterocycles. The Morgan fingerprint density at radius 1 is 1.24 bits per heavy atom. The monoisotopic (exact) mass is 290 g/mol. The molecule has 4 rings (SSSR count). The quantitative estimate of drug-likeness (QED) is 0.893. The minimum absolute atomic E-state index is 0.000973. The third-order valence-electron chi connectivity index (χ3n) is 4.60. The maximum Gasteiger partial charge on any atom is 0.225 e. The van der Waals surface area contributed by atoms with Gasteiger partial charge in [0, 0.05) is 18.6 Å². The van der Waals surface area contributed by atoms with Gasteiger partial charge < -0.3 is 14.6 Å². The number of hydrogen-bond donors (Lipinski definition) is 1. The van der Waals surface area contributed by atoms with Crippen LogP contribution in [0.25, 0.3) is 0 Å². The Kier molecular flexibility index (Phi) is 3.41. The van der Waals surface area contributed by atoms with Crippen LogP contribution in [0, 0.1) is 5.92 Å². The topological polar surface area (TPSA) is 69.0 Å². The van der Waals surface area contributed by atoms with Crippen LogP contribution >= 0.6 is 0 Å². The largest absolute Gasteiger partial charge is 0.381 e. The van der Waals surface area contributed by atoms with E-state index in [9.17, 15) is 4.79 Å². The van der Waals surface area contributed by atoms with E-state index in [4.69, 9.17) is 4.74 Å². The van der Waals surface area contributed by atoms with Gasteiger partial charge in [-0.2, -0.15) is 0 Å². The van der Waals surface area contributed by atoms with Crippen molar-refractivity contribution < 1.29 is 9.53 Å². The fraction of sp³-hybridized carbons (Fsp3) is 0.800. The highest BCUT2D eigenvalue weighted by atomic mass is 16.5. The summed E-state index contributed by atoms with van der Waals surface area (Å²) in [6.07, 6.45) is 6.80. The maximum absolute atomic E-state index is 12.2. The summed E-state index contributed by atoms with van der Waals surface area (Å²) in [4.78, 5) is 12.2. The number of nitrogens with one attached hydrogen (secondary N) is 1. The third-order valence-corrected chi connectivity index (χ3v) is 4.60. The van der Waals surface area contributed by atoms with Crippen LogP contribution in [-0.4, -0.2) is 33.9 Å². The van der Waals surface area contributed by atoms with E-state index in [1.54, 1.807) is 0 Å². The first-order chi connectivity index (χ1) is 10.3. The molecule has 3 aliphatic rings. The number of carbonyl (C=O) groups is 1. The molecule has 0 radical (unpaired) electrons. The van der Waals surface area contributed by atoms with Crippen LogP contribution in [0.2, 0.25) is 0 Å². The van der Waals surface area contributed by atoms with Crippen LogP contribution in [0.15, 0.2) is 0 Å². The molecule has 0 bridgehead atoms. The summed E-state index contributed by atoms with van der Waals surface area (Å²) in [7, 11) is 0. The fourth-order valence-corrected chi connectivity index (χ4v) is 3.07. The normalized spacial score (nSPS) is 25.8. The van der Waals surface area contributed by atoms with Gasteiger partial charge in [-0.05, 0) is 38.5 Å². The zero-order chi connectivity index (χ0) is 14.2. The number of ether oxygens (including phenoxy) is 1. The van der Waals surface area contributed by atoms with Crippen molar-refractivity contribution in [1.82, 2.24) is 20.1 Å². The van der Waals surface area contributed by atoms with Crippen molar-refractivity contribution in [2.75, 3.05) is 13.2 Å². The van der Waals surface area contributed by atoms with Gasteiger partial charge in [0.1, 0.15) is 5.82 Å². The number of nitrogens with zero attached hydrogens (tertiary/aromatic N) is 3. The van der Waals surface area contributed by atoms with Crippen LogP contribution in [0.1, 0.15) is 62.1 Å². The second-order valence-electron chi connectivity index (χ2n) is 6.48. The van der Waals surface area contributed by atoms with Gasteiger partial charge in [-0.3, -0.25) is 4.79 Å². The molecular formula is C15H22N4O2. The molecule has 1 N–H and O–H groups in total. The van der Waals surface area contributed by atoms with E-state index in [1.807, 2.05) is 0 Å². The molecule has 6 nitrogen and oxygen atoms in total. The van der Waals surface area contributed by atoms with Gasteiger partial charge in [0.25, 0.3) is 0 Å². The maximum atomic E-state index is 12.2. The van der Waals surface area contributed by atoms with E-state index < -0.39 is 0 Å². The molecule has 21 heavy (non-hydrogen) atoms. The Labute approximate surface area is 124 Å². The number of aromatic nitrogens is 3. The minimum atomic E-state index is -0.000973. The van der Waals surface area contributed by atoms with E-state index in [-0.39, 0.29) is 11.8 Å². The van der Waals surface area contributed by atoms with E-state index in [0.717, 1.165) is 31.1 Å². The molecule has 1 saturated heterocycles. The molecule has 0 spiro atoms. The van der Waals surface area contributed by atoms with Crippen LogP contribution in [0.3, 0.4) is 0 Å². The zero-order valence-corrected chi connectivity index (χ0v) is 12.3. The standard InChI is InChI=1S/C15H22N4O2/c20-15(11-2-1-7-21-9-11)16-8-13-17-18-14(10-3-4-10)19(13)12-5-6-12/h10-12H,1-9H2,(H,16,20)/t11-/m1/s1. The molecule has 1 aliphatic heterocycles. The van der Waals surface area contributed by atoms with E-state index >= 15 is 0 Å². The molecule has 2 aliphatic carbocycles. The Balaban J connectivity index is 1.41. The summed E-state index contributed by atoms with van der Waals surface area (Å²) in [6, 6.07) is 0.570. The summed E-state index contributed by atoms with van der Waals surface area (Å²) < 4.78 is 7.66. The summed E-state index contributed by atoms with van der Waals surface area (Å²) >= 11 is 0. The lowest BCUT2D eigenvalue weighted by atomic mass is 10.0. The minimum Gasteiger partial charge on any atom is -0.381 e. The average molecular weight is 290 g/mol. The fourth-order valence-electron chi connectivity index (χ4n) is 3.07. The molecule has 1 aromatic heterocycles. The molecule has 1 aromatic rings. The lowest BCUT2D eigenvalue weighted by Crippen LogP contribution is -2.35. The Bertz CT molecular complexity index is 528. The molecule has 0 unspecified atom stereocenters. The molecule has 1 amide bonds. The van der Waals surface area contributed by atoms with Gasteiger partial charge in [0.15, 0.2) is 5.82 Å². The molecule has 3 fully saturated rings. The van der Waals surface area contributed by atoms with Crippen LogP contribution in [0.5, 0.6) is 0 Å². The Hall–Kier alpha value is -1.43. The first-order valence-corrected chi connectivity index (χ1v) is 8.12. The van der Waals surface area contributed by atoms with Crippen molar-refractivity contribution in [3.05, 3.63) is 11.6 Å².